The Kier molecular flexibility index (Phi) is 3.47. The largest absolute Gasteiger partial charge is 0.357 e. The van der Waals surface area contributed by atoms with Gasteiger partial charge in [0.2, 0.25) is 0 Å². The van der Waals surface area contributed by atoms with Crippen molar-refractivity contribution in [1.82, 2.24) is 4.90 Å². The van der Waals surface area contributed by atoms with E-state index in [1.54, 1.807) is 6.92 Å². The number of carbonyl (C=O) groups is 1. The van der Waals surface area contributed by atoms with Crippen molar-refractivity contribution in [2.24, 2.45) is 0 Å². The van der Waals surface area contributed by atoms with Crippen molar-refractivity contribution in [1.29, 1.82) is 0 Å². The van der Waals surface area contributed by atoms with Crippen LogP contribution in [0.2, 0.25) is 0 Å². The van der Waals surface area contributed by atoms with Crippen LogP contribution >= 0.6 is 24.0 Å². The van der Waals surface area contributed by atoms with Gasteiger partial charge in [0, 0.05) is 12.3 Å². The van der Waals surface area contributed by atoms with Crippen molar-refractivity contribution in [3.8, 4) is 0 Å². The van der Waals surface area contributed by atoms with E-state index in [4.69, 9.17) is 17.0 Å². The molecule has 1 unspecified atom stereocenters. The maximum atomic E-state index is 11.6. The third-order valence-electron chi connectivity index (χ3n) is 1.51. The lowest BCUT2D eigenvalue weighted by molar-refractivity contribution is -0.131. The number of hydrogen-bond donors (Lipinski definition) is 0. The molecule has 13 heavy (non-hydrogen) atoms. The summed E-state index contributed by atoms with van der Waals surface area (Å²) in [6.07, 6.45) is 0. The summed E-state index contributed by atoms with van der Waals surface area (Å²) in [6, 6.07) is 0. The summed E-state index contributed by atoms with van der Waals surface area (Å²) in [6.45, 7) is 7.79. The fraction of sp³-hybridized carbons (Fsp3) is 0.500. The first-order valence-electron chi connectivity index (χ1n) is 3.89. The number of ether oxygens (including phenoxy) is 1. The highest BCUT2D eigenvalue weighted by molar-refractivity contribution is 8.24. The van der Waals surface area contributed by atoms with Gasteiger partial charge in [0.1, 0.15) is 4.32 Å². The number of thiocarbonyl (C=S) groups is 1. The zero-order valence-corrected chi connectivity index (χ0v) is 9.20. The lowest BCUT2D eigenvalue weighted by Crippen LogP contribution is -2.30. The Morgan fingerprint density at radius 2 is 2.46 bits per heavy atom. The van der Waals surface area contributed by atoms with E-state index in [1.165, 1.54) is 16.7 Å². The summed E-state index contributed by atoms with van der Waals surface area (Å²) in [5.41, 5.74) is 0.166. The minimum Gasteiger partial charge on any atom is -0.357 e. The molecule has 0 aromatic carbocycles. The Hall–Kier alpha value is -0.390. The van der Waals surface area contributed by atoms with Crippen LogP contribution in [0.25, 0.3) is 0 Å². The van der Waals surface area contributed by atoms with Gasteiger partial charge in [0.05, 0.1) is 0 Å². The van der Waals surface area contributed by atoms with E-state index in [0.29, 0.717) is 16.6 Å². The highest BCUT2D eigenvalue weighted by Crippen LogP contribution is 2.30. The molecule has 5 heteroatoms. The molecule has 0 N–H and O–H groups in total. The summed E-state index contributed by atoms with van der Waals surface area (Å²) < 4.78 is 5.73. The molecular formula is C8H11NO2S2. The van der Waals surface area contributed by atoms with E-state index in [1.807, 2.05) is 6.92 Å². The van der Waals surface area contributed by atoms with E-state index >= 15 is 0 Å². The first-order valence-corrected chi connectivity index (χ1v) is 5.18. The second kappa shape index (κ2) is 4.21. The van der Waals surface area contributed by atoms with Crippen LogP contribution in [0.15, 0.2) is 12.3 Å². The van der Waals surface area contributed by atoms with Crippen LogP contribution in [0, 0.1) is 0 Å². The van der Waals surface area contributed by atoms with Crippen molar-refractivity contribution in [3.05, 3.63) is 12.3 Å². The number of nitrogens with zero attached hydrogens (tertiary/aromatic N) is 1. The molecule has 0 aromatic rings. The van der Waals surface area contributed by atoms with Crippen LogP contribution in [0.1, 0.15) is 13.8 Å². The molecule has 1 saturated heterocycles. The van der Waals surface area contributed by atoms with Gasteiger partial charge in [-0.05, 0) is 13.8 Å². The van der Waals surface area contributed by atoms with Crippen molar-refractivity contribution >= 4 is 34.2 Å². The number of amides is 1. The Morgan fingerprint density at radius 3 is 2.85 bits per heavy atom. The fourth-order valence-electron chi connectivity index (χ4n) is 0.991. The van der Waals surface area contributed by atoms with Crippen LogP contribution in [-0.2, 0) is 9.53 Å². The number of thioether (sulfide) groups is 1. The molecule has 0 aromatic heterocycles. The topological polar surface area (TPSA) is 29.5 Å². The van der Waals surface area contributed by atoms with Gasteiger partial charge in [0.15, 0.2) is 5.44 Å². The van der Waals surface area contributed by atoms with Crippen LogP contribution in [0.3, 0.4) is 0 Å². The molecule has 1 atom stereocenters. The Bertz CT molecular complexity index is 265. The minimum absolute atomic E-state index is 0.121. The average Bonchev–Trinajstić information content (AvgIpc) is 2.28. The standard InChI is InChI=1S/C8H11NO2S2/c1-4-11-7-6(10)9(5(2)3)8(12)13-7/h7H,2,4H2,1,3H3. The Balaban J connectivity index is 2.75. The van der Waals surface area contributed by atoms with Crippen molar-refractivity contribution in [2.45, 2.75) is 19.3 Å². The third-order valence-corrected chi connectivity index (χ3v) is 2.92. The van der Waals surface area contributed by atoms with Gasteiger partial charge in [-0.15, -0.1) is 0 Å². The summed E-state index contributed by atoms with van der Waals surface area (Å²) in [4.78, 5) is 13.0. The SMILES string of the molecule is C=C(C)N1C(=O)C(OCC)SC1=S. The first kappa shape index (κ1) is 10.7. The molecule has 0 saturated carbocycles. The minimum atomic E-state index is -0.478. The lowest BCUT2D eigenvalue weighted by Gasteiger charge is -2.13. The van der Waals surface area contributed by atoms with Gasteiger partial charge >= 0.3 is 0 Å². The molecule has 1 aliphatic heterocycles. The Morgan fingerprint density at radius 1 is 1.85 bits per heavy atom. The summed E-state index contributed by atoms with van der Waals surface area (Å²) in [7, 11) is 0. The molecule has 0 radical (unpaired) electrons. The van der Waals surface area contributed by atoms with Crippen LogP contribution in [0.5, 0.6) is 0 Å². The van der Waals surface area contributed by atoms with Crippen LogP contribution in [-0.4, -0.2) is 27.2 Å². The molecule has 1 rings (SSSR count). The normalized spacial score (nSPS) is 22.6. The van der Waals surface area contributed by atoms with E-state index in [9.17, 15) is 4.79 Å². The summed E-state index contributed by atoms with van der Waals surface area (Å²) >= 11 is 6.27. The van der Waals surface area contributed by atoms with E-state index < -0.39 is 5.44 Å². The maximum Gasteiger partial charge on any atom is 0.272 e. The fourth-order valence-corrected chi connectivity index (χ4v) is 2.44. The second-order valence-corrected chi connectivity index (χ2v) is 4.28. The summed E-state index contributed by atoms with van der Waals surface area (Å²) in [5, 5.41) is 0. The molecule has 1 heterocycles. The molecular weight excluding hydrogens is 206 g/mol. The van der Waals surface area contributed by atoms with Gasteiger partial charge in [-0.1, -0.05) is 30.6 Å². The second-order valence-electron chi connectivity index (χ2n) is 2.58. The van der Waals surface area contributed by atoms with Crippen molar-refractivity contribution in [3.63, 3.8) is 0 Å². The highest BCUT2D eigenvalue weighted by atomic mass is 32.2. The molecule has 1 fully saturated rings. The van der Waals surface area contributed by atoms with Crippen LogP contribution in [0.4, 0.5) is 0 Å². The van der Waals surface area contributed by atoms with E-state index in [2.05, 4.69) is 6.58 Å². The molecule has 0 aliphatic carbocycles. The maximum absolute atomic E-state index is 11.6. The Labute approximate surface area is 87.1 Å². The quantitative estimate of drug-likeness (QED) is 0.674. The average molecular weight is 217 g/mol. The van der Waals surface area contributed by atoms with Gasteiger partial charge in [-0.2, -0.15) is 0 Å². The zero-order chi connectivity index (χ0) is 10.0. The van der Waals surface area contributed by atoms with Crippen molar-refractivity contribution in [2.75, 3.05) is 6.61 Å². The lowest BCUT2D eigenvalue weighted by atomic mass is 10.4. The molecule has 1 amide bonds. The monoisotopic (exact) mass is 217 g/mol. The first-order chi connectivity index (χ1) is 6.07. The highest BCUT2D eigenvalue weighted by Gasteiger charge is 2.37. The number of allylic oxidation sites excluding steroid dienone is 1. The zero-order valence-electron chi connectivity index (χ0n) is 7.57. The molecule has 72 valence electrons. The molecule has 3 nitrogen and oxygen atoms in total. The molecule has 0 bridgehead atoms. The predicted octanol–water partition coefficient (Wildman–Crippen LogP) is 1.74. The van der Waals surface area contributed by atoms with Gasteiger partial charge in [-0.3, -0.25) is 9.69 Å². The number of carbonyl (C=O) groups excluding carboxylic acids is 1. The van der Waals surface area contributed by atoms with E-state index in [-0.39, 0.29) is 5.91 Å². The van der Waals surface area contributed by atoms with Gasteiger partial charge < -0.3 is 4.74 Å². The summed E-state index contributed by atoms with van der Waals surface area (Å²) in [5.74, 6) is -0.121. The molecule has 0 spiro atoms. The van der Waals surface area contributed by atoms with Gasteiger partial charge in [-0.25, -0.2) is 0 Å². The number of rotatable bonds is 3. The third kappa shape index (κ3) is 2.10. The van der Waals surface area contributed by atoms with Crippen LogP contribution < -0.4 is 0 Å². The predicted molar refractivity (Wildman–Crippen MR) is 57.3 cm³/mol. The van der Waals surface area contributed by atoms with E-state index in [0.717, 1.165) is 0 Å². The molecule has 1 aliphatic rings. The smallest absolute Gasteiger partial charge is 0.272 e. The van der Waals surface area contributed by atoms with Gasteiger partial charge in [0.25, 0.3) is 5.91 Å². The van der Waals surface area contributed by atoms with Crippen molar-refractivity contribution < 1.29 is 9.53 Å². The number of hydrogen-bond acceptors (Lipinski definition) is 4.